The molecule has 2 N–H and O–H groups in total. The van der Waals surface area contributed by atoms with Crippen molar-refractivity contribution in [2.75, 3.05) is 7.11 Å². The first-order valence-electron chi connectivity index (χ1n) is 13.9. The number of methoxy groups -OCH3 is 1. The highest BCUT2D eigenvalue weighted by Crippen LogP contribution is 2.27. The molecule has 0 aliphatic carbocycles. The predicted molar refractivity (Wildman–Crippen MR) is 136 cm³/mol. The first-order valence-corrected chi connectivity index (χ1v) is 13.9. The fraction of sp³-hybridized carbons (Fsp3) is 0.964. The van der Waals surface area contributed by atoms with Crippen LogP contribution in [0, 0.1) is 5.92 Å². The molecule has 0 saturated carbocycles. The van der Waals surface area contributed by atoms with Gasteiger partial charge in [0.2, 0.25) is 0 Å². The molecule has 0 aliphatic heterocycles. The van der Waals surface area contributed by atoms with Crippen molar-refractivity contribution in [1.29, 1.82) is 0 Å². The van der Waals surface area contributed by atoms with Crippen LogP contribution in [0.5, 0.6) is 0 Å². The monoisotopic (exact) mass is 439 g/mol. The quantitative estimate of drug-likeness (QED) is 0.128. The molecule has 3 heteroatoms. The number of hydrogen-bond acceptors (Lipinski definition) is 3. The Bertz CT molecular complexity index is 398. The number of carbonyl (C=O) groups is 1. The molecule has 0 saturated heterocycles. The minimum atomic E-state index is -0.806. The molecule has 0 bridgehead atoms. The molecule has 0 aromatic heterocycles. The van der Waals surface area contributed by atoms with Crippen molar-refractivity contribution in [3.63, 3.8) is 0 Å². The maximum atomic E-state index is 12.2. The van der Waals surface area contributed by atoms with Gasteiger partial charge in [-0.05, 0) is 18.8 Å². The van der Waals surface area contributed by atoms with Gasteiger partial charge in [0.1, 0.15) is 5.54 Å². The number of esters is 1. The molecule has 0 aromatic carbocycles. The molecule has 0 spiro atoms. The Morgan fingerprint density at radius 1 is 0.677 bits per heavy atom. The van der Waals surface area contributed by atoms with Crippen LogP contribution in [0.15, 0.2) is 0 Å². The fourth-order valence-corrected chi connectivity index (χ4v) is 4.75. The van der Waals surface area contributed by atoms with E-state index in [1.54, 1.807) is 0 Å². The lowest BCUT2D eigenvalue weighted by Gasteiger charge is -2.32. The third-order valence-electron chi connectivity index (χ3n) is 7.11. The fourth-order valence-electron chi connectivity index (χ4n) is 4.75. The van der Waals surface area contributed by atoms with Gasteiger partial charge in [0.15, 0.2) is 0 Å². The van der Waals surface area contributed by atoms with E-state index in [4.69, 9.17) is 10.5 Å². The van der Waals surface area contributed by atoms with Gasteiger partial charge >= 0.3 is 5.97 Å². The molecular weight excluding hydrogens is 382 g/mol. The minimum absolute atomic E-state index is 0.177. The largest absolute Gasteiger partial charge is 0.468 e. The second-order valence-corrected chi connectivity index (χ2v) is 9.98. The highest BCUT2D eigenvalue weighted by Gasteiger charge is 2.39. The topological polar surface area (TPSA) is 52.3 Å². The predicted octanol–water partition coefficient (Wildman–Crippen LogP) is 8.72. The number of unbranched alkanes of at least 4 members (excludes halogenated alkanes) is 17. The molecule has 186 valence electrons. The lowest BCUT2D eigenvalue weighted by atomic mass is 9.79. The summed E-state index contributed by atoms with van der Waals surface area (Å²) in [5.74, 6) is -0.0591. The van der Waals surface area contributed by atoms with Crippen LogP contribution in [0.3, 0.4) is 0 Å². The molecule has 0 rings (SSSR count). The summed E-state index contributed by atoms with van der Waals surface area (Å²) in [6.45, 7) is 6.52. The van der Waals surface area contributed by atoms with E-state index in [-0.39, 0.29) is 11.9 Å². The van der Waals surface area contributed by atoms with Crippen molar-refractivity contribution in [3.05, 3.63) is 0 Å². The lowest BCUT2D eigenvalue weighted by Crippen LogP contribution is -2.53. The third kappa shape index (κ3) is 15.8. The summed E-state index contributed by atoms with van der Waals surface area (Å²) in [4.78, 5) is 12.2. The Kier molecular flexibility index (Phi) is 20.9. The van der Waals surface area contributed by atoms with Crippen molar-refractivity contribution >= 4 is 5.97 Å². The van der Waals surface area contributed by atoms with Crippen LogP contribution in [0.25, 0.3) is 0 Å². The molecule has 0 heterocycles. The van der Waals surface area contributed by atoms with E-state index in [1.165, 1.54) is 116 Å². The van der Waals surface area contributed by atoms with Gasteiger partial charge in [-0.15, -0.1) is 0 Å². The van der Waals surface area contributed by atoms with E-state index in [2.05, 4.69) is 20.8 Å². The van der Waals surface area contributed by atoms with Gasteiger partial charge in [-0.3, -0.25) is 4.79 Å². The van der Waals surface area contributed by atoms with Crippen molar-refractivity contribution in [2.45, 2.75) is 161 Å². The zero-order valence-electron chi connectivity index (χ0n) is 21.8. The van der Waals surface area contributed by atoms with E-state index >= 15 is 0 Å². The number of rotatable bonds is 23. The van der Waals surface area contributed by atoms with Crippen molar-refractivity contribution in [3.8, 4) is 0 Å². The SMILES string of the molecule is CCCCCCCCCCCCCCCCCCCCC(N)(C(=O)OC)C(C)CCC. The first-order chi connectivity index (χ1) is 15.0. The van der Waals surface area contributed by atoms with Gasteiger partial charge in [0.25, 0.3) is 0 Å². The Morgan fingerprint density at radius 3 is 1.35 bits per heavy atom. The number of carbonyl (C=O) groups excluding carboxylic acids is 1. The molecule has 0 radical (unpaired) electrons. The maximum absolute atomic E-state index is 12.2. The second-order valence-electron chi connectivity index (χ2n) is 9.98. The zero-order chi connectivity index (χ0) is 23.2. The Labute approximate surface area is 195 Å². The average molecular weight is 440 g/mol. The Hall–Kier alpha value is -0.570. The summed E-state index contributed by atoms with van der Waals surface area (Å²) >= 11 is 0. The number of ether oxygens (including phenoxy) is 1. The van der Waals surface area contributed by atoms with E-state index in [9.17, 15) is 4.79 Å². The number of hydrogen-bond donors (Lipinski definition) is 1. The maximum Gasteiger partial charge on any atom is 0.326 e. The summed E-state index contributed by atoms with van der Waals surface area (Å²) in [7, 11) is 1.46. The smallest absolute Gasteiger partial charge is 0.326 e. The molecule has 0 aliphatic rings. The van der Waals surface area contributed by atoms with E-state index in [0.29, 0.717) is 0 Å². The van der Waals surface area contributed by atoms with Crippen LogP contribution in [0.4, 0.5) is 0 Å². The van der Waals surface area contributed by atoms with Crippen LogP contribution in [0.2, 0.25) is 0 Å². The molecular formula is C28H57NO2. The average Bonchev–Trinajstić information content (AvgIpc) is 2.77. The van der Waals surface area contributed by atoms with Crippen LogP contribution in [-0.4, -0.2) is 18.6 Å². The molecule has 0 amide bonds. The summed E-state index contributed by atoms with van der Waals surface area (Å²) < 4.78 is 5.01. The van der Waals surface area contributed by atoms with Gasteiger partial charge in [-0.1, -0.05) is 143 Å². The molecule has 0 fully saturated rings. The van der Waals surface area contributed by atoms with Crippen molar-refractivity contribution in [1.82, 2.24) is 0 Å². The lowest BCUT2D eigenvalue weighted by molar-refractivity contribution is -0.149. The highest BCUT2D eigenvalue weighted by molar-refractivity contribution is 5.80. The van der Waals surface area contributed by atoms with Crippen LogP contribution >= 0.6 is 0 Å². The van der Waals surface area contributed by atoms with Crippen LogP contribution in [-0.2, 0) is 9.53 Å². The van der Waals surface area contributed by atoms with Gasteiger partial charge in [0.05, 0.1) is 7.11 Å². The Morgan fingerprint density at radius 2 is 1.03 bits per heavy atom. The zero-order valence-corrected chi connectivity index (χ0v) is 21.8. The molecule has 31 heavy (non-hydrogen) atoms. The standard InChI is InChI=1S/C28H57NO2/c1-5-7-8-9-10-11-12-13-14-15-16-17-18-19-20-21-22-23-25-28(29,27(30)31-4)26(3)24-6-2/h26H,5-25,29H2,1-4H3. The number of nitrogens with two attached hydrogens (primary N) is 1. The molecule has 3 nitrogen and oxygen atoms in total. The highest BCUT2D eigenvalue weighted by atomic mass is 16.5. The minimum Gasteiger partial charge on any atom is -0.468 e. The summed E-state index contributed by atoms with van der Waals surface area (Å²) in [6, 6.07) is 0. The van der Waals surface area contributed by atoms with Gasteiger partial charge in [0, 0.05) is 0 Å². The molecule has 0 aromatic rings. The van der Waals surface area contributed by atoms with Gasteiger partial charge < -0.3 is 10.5 Å². The molecule has 2 atom stereocenters. The van der Waals surface area contributed by atoms with Crippen LogP contribution in [0.1, 0.15) is 156 Å². The summed E-state index contributed by atoms with van der Waals surface area (Å²) in [5, 5.41) is 0. The summed E-state index contributed by atoms with van der Waals surface area (Å²) in [6.07, 6.45) is 27.4. The van der Waals surface area contributed by atoms with Crippen molar-refractivity contribution in [2.24, 2.45) is 11.7 Å². The second kappa shape index (κ2) is 21.3. The van der Waals surface area contributed by atoms with E-state index in [1.807, 2.05) is 0 Å². The van der Waals surface area contributed by atoms with Crippen molar-refractivity contribution < 1.29 is 9.53 Å². The third-order valence-corrected chi connectivity index (χ3v) is 7.11. The summed E-state index contributed by atoms with van der Waals surface area (Å²) in [5.41, 5.74) is 5.67. The van der Waals surface area contributed by atoms with Gasteiger partial charge in [-0.25, -0.2) is 0 Å². The first kappa shape index (κ1) is 30.4. The van der Waals surface area contributed by atoms with Crippen LogP contribution < -0.4 is 5.73 Å². The molecule has 2 unspecified atom stereocenters. The van der Waals surface area contributed by atoms with Gasteiger partial charge in [-0.2, -0.15) is 0 Å². The Balaban J connectivity index is 3.52. The normalized spacial score (nSPS) is 14.4. The van der Waals surface area contributed by atoms with E-state index < -0.39 is 5.54 Å². The van der Waals surface area contributed by atoms with E-state index in [0.717, 1.165) is 25.7 Å².